The number of aromatic nitrogens is 1. The van der Waals surface area contributed by atoms with E-state index in [0.717, 1.165) is 0 Å². The molecule has 0 saturated carbocycles. The largest absolute Gasteiger partial charge is 0.392 e. The van der Waals surface area contributed by atoms with Crippen LogP contribution in [0, 0.1) is 0 Å². The van der Waals surface area contributed by atoms with Gasteiger partial charge in [-0.05, 0) is 36.8 Å². The number of halogens is 1. The molecule has 0 aliphatic heterocycles. The molecule has 1 heterocycles. The van der Waals surface area contributed by atoms with Crippen LogP contribution in [-0.2, 0) is 16.6 Å². The van der Waals surface area contributed by atoms with Crippen LogP contribution in [0.5, 0.6) is 0 Å². The van der Waals surface area contributed by atoms with Crippen LogP contribution in [0.3, 0.4) is 0 Å². The smallest absolute Gasteiger partial charge is 0.241 e. The molecular weight excluding hydrogens is 312 g/mol. The minimum absolute atomic E-state index is 0.0486. The topological polar surface area (TPSA) is 79.3 Å². The van der Waals surface area contributed by atoms with Crippen LogP contribution in [0.2, 0.25) is 5.02 Å². The van der Waals surface area contributed by atoms with Crippen LogP contribution in [0.4, 0.5) is 0 Å². The first-order valence-electron chi connectivity index (χ1n) is 6.26. The lowest BCUT2D eigenvalue weighted by Crippen LogP contribution is -2.27. The molecule has 1 atom stereocenters. The molecular formula is C14H15ClN2O3S. The van der Waals surface area contributed by atoms with Gasteiger partial charge in [0.05, 0.1) is 23.2 Å². The van der Waals surface area contributed by atoms with Crippen molar-refractivity contribution < 1.29 is 13.5 Å². The number of benzene rings is 1. The predicted molar refractivity (Wildman–Crippen MR) is 80.3 cm³/mol. The van der Waals surface area contributed by atoms with Crippen LogP contribution in [-0.4, -0.2) is 18.5 Å². The molecule has 0 fully saturated rings. The van der Waals surface area contributed by atoms with Gasteiger partial charge in [0.25, 0.3) is 0 Å². The zero-order chi connectivity index (χ0) is 15.5. The highest BCUT2D eigenvalue weighted by molar-refractivity contribution is 7.89. The van der Waals surface area contributed by atoms with Crippen molar-refractivity contribution in [3.8, 4) is 0 Å². The summed E-state index contributed by atoms with van der Waals surface area (Å²) < 4.78 is 27.2. The summed E-state index contributed by atoms with van der Waals surface area (Å²) >= 11 is 5.92. The lowest BCUT2D eigenvalue weighted by atomic mass is 10.2. The number of aliphatic hydroxyl groups excluding tert-OH is 1. The van der Waals surface area contributed by atoms with Gasteiger partial charge >= 0.3 is 0 Å². The molecule has 5 nitrogen and oxygen atoms in total. The summed E-state index contributed by atoms with van der Waals surface area (Å²) in [5.74, 6) is 0. The van der Waals surface area contributed by atoms with Crippen LogP contribution < -0.4 is 4.72 Å². The molecule has 112 valence electrons. The number of nitrogens with one attached hydrogen (secondary N) is 1. The SMILES string of the molecule is CC(NS(=O)(=O)c1ccc(CO)c(Cl)c1)c1ccccn1. The molecule has 21 heavy (non-hydrogen) atoms. The zero-order valence-corrected chi connectivity index (χ0v) is 12.9. The van der Waals surface area contributed by atoms with Crippen molar-refractivity contribution in [3.05, 3.63) is 58.9 Å². The standard InChI is InChI=1S/C14H15ClN2O3S/c1-10(14-4-2-3-7-16-14)17-21(19,20)12-6-5-11(9-18)13(15)8-12/h2-8,10,17-18H,9H2,1H3. The third-order valence-corrected chi connectivity index (χ3v) is 4.86. The highest BCUT2D eigenvalue weighted by Crippen LogP contribution is 2.22. The molecule has 0 amide bonds. The Kier molecular flexibility index (Phi) is 4.95. The second-order valence-electron chi connectivity index (χ2n) is 4.51. The Hall–Kier alpha value is -1.47. The predicted octanol–water partition coefficient (Wildman–Crippen LogP) is 2.27. The van der Waals surface area contributed by atoms with Gasteiger partial charge in [-0.2, -0.15) is 0 Å². The minimum atomic E-state index is -3.71. The average molecular weight is 327 g/mol. The highest BCUT2D eigenvalue weighted by Gasteiger charge is 2.19. The van der Waals surface area contributed by atoms with E-state index in [1.165, 1.54) is 18.2 Å². The first kappa shape index (κ1) is 15.9. The van der Waals surface area contributed by atoms with Gasteiger partial charge in [0.15, 0.2) is 0 Å². The maximum atomic E-state index is 12.3. The first-order chi connectivity index (χ1) is 9.94. The van der Waals surface area contributed by atoms with Gasteiger partial charge in [0, 0.05) is 11.2 Å². The molecule has 0 aliphatic rings. The van der Waals surface area contributed by atoms with Gasteiger partial charge in [-0.15, -0.1) is 0 Å². The van der Waals surface area contributed by atoms with Gasteiger partial charge in [-0.1, -0.05) is 23.7 Å². The van der Waals surface area contributed by atoms with E-state index in [0.29, 0.717) is 11.3 Å². The van der Waals surface area contributed by atoms with Crippen molar-refractivity contribution in [1.82, 2.24) is 9.71 Å². The second kappa shape index (κ2) is 6.53. The van der Waals surface area contributed by atoms with Crippen molar-refractivity contribution in [3.63, 3.8) is 0 Å². The van der Waals surface area contributed by atoms with E-state index in [9.17, 15) is 8.42 Å². The highest BCUT2D eigenvalue weighted by atomic mass is 35.5. The maximum Gasteiger partial charge on any atom is 0.241 e. The molecule has 2 rings (SSSR count). The summed E-state index contributed by atoms with van der Waals surface area (Å²) in [6, 6.07) is 9.05. The van der Waals surface area contributed by atoms with Gasteiger partial charge in [0.2, 0.25) is 10.0 Å². The van der Waals surface area contributed by atoms with Crippen molar-refractivity contribution in [2.45, 2.75) is 24.5 Å². The molecule has 2 N–H and O–H groups in total. The van der Waals surface area contributed by atoms with Crippen LogP contribution in [0.25, 0.3) is 0 Å². The fraction of sp³-hybridized carbons (Fsp3) is 0.214. The van der Waals surface area contributed by atoms with Crippen LogP contribution in [0.15, 0.2) is 47.5 Å². The number of hydrogen-bond acceptors (Lipinski definition) is 4. The summed E-state index contributed by atoms with van der Waals surface area (Å²) in [6.07, 6.45) is 1.60. The Balaban J connectivity index is 2.24. The Morgan fingerprint density at radius 1 is 1.33 bits per heavy atom. The Morgan fingerprint density at radius 2 is 2.10 bits per heavy atom. The van der Waals surface area contributed by atoms with Gasteiger partial charge in [0.1, 0.15) is 0 Å². The van der Waals surface area contributed by atoms with Crippen LogP contribution in [0.1, 0.15) is 24.2 Å². The number of pyridine rings is 1. The van der Waals surface area contributed by atoms with E-state index in [1.807, 2.05) is 0 Å². The number of nitrogens with zero attached hydrogens (tertiary/aromatic N) is 1. The number of hydrogen-bond donors (Lipinski definition) is 2. The molecule has 1 aromatic heterocycles. The number of aliphatic hydroxyl groups is 1. The summed E-state index contributed by atoms with van der Waals surface area (Å²) in [5.41, 5.74) is 1.10. The van der Waals surface area contributed by atoms with E-state index in [4.69, 9.17) is 16.7 Å². The van der Waals surface area contributed by atoms with E-state index < -0.39 is 16.1 Å². The van der Waals surface area contributed by atoms with Crippen LogP contribution >= 0.6 is 11.6 Å². The molecule has 0 bridgehead atoms. The third kappa shape index (κ3) is 3.79. The molecule has 1 unspecified atom stereocenters. The lowest BCUT2D eigenvalue weighted by Gasteiger charge is -2.14. The van der Waals surface area contributed by atoms with E-state index in [-0.39, 0.29) is 16.5 Å². The molecule has 0 aliphatic carbocycles. The molecule has 0 radical (unpaired) electrons. The monoisotopic (exact) mass is 326 g/mol. The normalized spacial score (nSPS) is 13.1. The fourth-order valence-corrected chi connectivity index (χ4v) is 3.36. The summed E-state index contributed by atoms with van der Waals surface area (Å²) in [4.78, 5) is 4.16. The van der Waals surface area contributed by atoms with E-state index in [1.54, 1.807) is 31.3 Å². The molecule has 7 heteroatoms. The molecule has 0 spiro atoms. The molecule has 1 aromatic carbocycles. The minimum Gasteiger partial charge on any atom is -0.392 e. The summed E-state index contributed by atoms with van der Waals surface area (Å²) in [6.45, 7) is 1.47. The summed E-state index contributed by atoms with van der Waals surface area (Å²) in [5, 5.41) is 9.26. The fourth-order valence-electron chi connectivity index (χ4n) is 1.82. The molecule has 2 aromatic rings. The lowest BCUT2D eigenvalue weighted by molar-refractivity contribution is 0.282. The van der Waals surface area contributed by atoms with E-state index >= 15 is 0 Å². The van der Waals surface area contributed by atoms with Gasteiger partial charge in [-0.25, -0.2) is 13.1 Å². The Labute approximate surface area is 128 Å². The average Bonchev–Trinajstić information content (AvgIpc) is 2.47. The van der Waals surface area contributed by atoms with Gasteiger partial charge < -0.3 is 5.11 Å². The molecule has 0 saturated heterocycles. The van der Waals surface area contributed by atoms with Gasteiger partial charge in [-0.3, -0.25) is 4.98 Å². The van der Waals surface area contributed by atoms with E-state index in [2.05, 4.69) is 9.71 Å². The second-order valence-corrected chi connectivity index (χ2v) is 6.63. The first-order valence-corrected chi connectivity index (χ1v) is 8.12. The Morgan fingerprint density at radius 3 is 2.67 bits per heavy atom. The van der Waals surface area contributed by atoms with Crippen molar-refractivity contribution >= 4 is 21.6 Å². The third-order valence-electron chi connectivity index (χ3n) is 2.97. The quantitative estimate of drug-likeness (QED) is 0.883. The summed E-state index contributed by atoms with van der Waals surface area (Å²) in [7, 11) is -3.71. The van der Waals surface area contributed by atoms with Crippen molar-refractivity contribution in [2.24, 2.45) is 0 Å². The number of sulfonamides is 1. The maximum absolute atomic E-state index is 12.3. The van der Waals surface area contributed by atoms with Crippen molar-refractivity contribution in [1.29, 1.82) is 0 Å². The Bertz CT molecular complexity index is 720. The zero-order valence-electron chi connectivity index (χ0n) is 11.3. The number of rotatable bonds is 5. The van der Waals surface area contributed by atoms with Crippen molar-refractivity contribution in [2.75, 3.05) is 0 Å².